The Balaban J connectivity index is 0.00000306. The molecule has 0 spiro atoms. The third-order valence-corrected chi connectivity index (χ3v) is 6.12. The quantitative estimate of drug-likeness (QED) is 0.193. The first-order valence-corrected chi connectivity index (χ1v) is 11.8. The van der Waals surface area contributed by atoms with E-state index in [9.17, 15) is 0 Å². The molecule has 3 aromatic rings. The van der Waals surface area contributed by atoms with E-state index in [1.54, 1.807) is 0 Å². The van der Waals surface area contributed by atoms with E-state index in [4.69, 9.17) is 0 Å². The molecule has 1 fully saturated rings. The monoisotopic (exact) mass is 561 g/mol. The van der Waals surface area contributed by atoms with Gasteiger partial charge in [0.1, 0.15) is 11.6 Å². The minimum atomic E-state index is 0. The fourth-order valence-corrected chi connectivity index (χ4v) is 4.37. The van der Waals surface area contributed by atoms with Crippen molar-refractivity contribution < 1.29 is 0 Å². The molecule has 0 amide bonds. The van der Waals surface area contributed by atoms with E-state index in [1.165, 1.54) is 36.8 Å². The zero-order valence-corrected chi connectivity index (χ0v) is 22.1. The highest BCUT2D eigenvalue weighted by Gasteiger charge is 2.11. The van der Waals surface area contributed by atoms with Crippen molar-refractivity contribution in [3.63, 3.8) is 0 Å². The summed E-state index contributed by atoms with van der Waals surface area (Å²) in [5.41, 5.74) is 3.49. The van der Waals surface area contributed by atoms with Crippen LogP contribution in [0.4, 0.5) is 5.82 Å². The molecule has 0 radical (unpaired) electrons. The smallest absolute Gasteiger partial charge is 0.191 e. The summed E-state index contributed by atoms with van der Waals surface area (Å²) >= 11 is 0. The van der Waals surface area contributed by atoms with Crippen molar-refractivity contribution in [2.75, 3.05) is 31.6 Å². The molecule has 1 saturated heterocycles. The molecule has 1 aliphatic heterocycles. The Morgan fingerprint density at radius 2 is 1.85 bits per heavy atom. The molecular weight excluding hydrogens is 525 g/mol. The van der Waals surface area contributed by atoms with E-state index in [0.29, 0.717) is 0 Å². The lowest BCUT2D eigenvalue weighted by Gasteiger charge is -2.22. The van der Waals surface area contributed by atoms with Crippen molar-refractivity contribution in [2.45, 2.75) is 52.1 Å². The van der Waals surface area contributed by atoms with Gasteiger partial charge in [0.2, 0.25) is 0 Å². The van der Waals surface area contributed by atoms with Gasteiger partial charge in [-0.2, -0.15) is 0 Å². The van der Waals surface area contributed by atoms with Crippen molar-refractivity contribution >= 4 is 46.8 Å². The Hall–Kier alpha value is -2.36. The molecule has 2 aromatic heterocycles. The molecule has 178 valence electrons. The fourth-order valence-electron chi connectivity index (χ4n) is 4.37. The van der Waals surface area contributed by atoms with Crippen LogP contribution in [0.3, 0.4) is 0 Å². The second kappa shape index (κ2) is 12.8. The predicted molar refractivity (Wildman–Crippen MR) is 148 cm³/mol. The molecule has 33 heavy (non-hydrogen) atoms. The van der Waals surface area contributed by atoms with Crippen LogP contribution in [0.15, 0.2) is 47.6 Å². The zero-order chi connectivity index (χ0) is 22.2. The van der Waals surface area contributed by atoms with E-state index in [2.05, 4.69) is 72.3 Å². The van der Waals surface area contributed by atoms with Crippen LogP contribution >= 0.6 is 24.0 Å². The molecule has 1 aromatic carbocycles. The first-order valence-electron chi connectivity index (χ1n) is 11.8. The Labute approximate surface area is 214 Å². The lowest BCUT2D eigenvalue weighted by atomic mass is 10.2. The summed E-state index contributed by atoms with van der Waals surface area (Å²) in [5, 5.41) is 6.87. The van der Waals surface area contributed by atoms with Crippen molar-refractivity contribution in [3.8, 4) is 0 Å². The number of rotatable bonds is 7. The summed E-state index contributed by atoms with van der Waals surface area (Å²) in [6.07, 6.45) is 8.10. The van der Waals surface area contributed by atoms with E-state index < -0.39 is 0 Å². The standard InChI is InChI=1S/C25H35N7.HI/c1-20-30-22-10-5-6-11-23(22)32(20)17-9-13-28-25(26-2)29-19-21-12-14-27-24(18-21)31-15-7-3-4-8-16-31;/h5-6,10-12,14,18H,3-4,7-9,13,15-17,19H2,1-2H3,(H2,26,28,29);1H. The SMILES string of the molecule is CN=C(NCCCn1c(C)nc2ccccc21)NCc1ccnc(N2CCCCCC2)c1.I. The summed E-state index contributed by atoms with van der Waals surface area (Å²) in [6, 6.07) is 12.6. The second-order valence-corrected chi connectivity index (χ2v) is 8.43. The third-order valence-electron chi connectivity index (χ3n) is 6.12. The number of pyridine rings is 1. The van der Waals surface area contributed by atoms with Crippen molar-refractivity contribution in [1.82, 2.24) is 25.2 Å². The van der Waals surface area contributed by atoms with Gasteiger partial charge in [0, 0.05) is 46.0 Å². The summed E-state index contributed by atoms with van der Waals surface area (Å²) in [4.78, 5) is 16.1. The van der Waals surface area contributed by atoms with Crippen LogP contribution in [0.25, 0.3) is 11.0 Å². The molecule has 0 atom stereocenters. The number of fused-ring (bicyclic) bond motifs is 1. The van der Waals surface area contributed by atoms with Gasteiger partial charge in [0.25, 0.3) is 0 Å². The summed E-state index contributed by atoms with van der Waals surface area (Å²) in [6.45, 7) is 6.80. The summed E-state index contributed by atoms with van der Waals surface area (Å²) in [7, 11) is 1.82. The number of hydrogen-bond acceptors (Lipinski definition) is 4. The topological polar surface area (TPSA) is 70.4 Å². The number of aromatic nitrogens is 3. The number of guanidine groups is 1. The van der Waals surface area contributed by atoms with Crippen LogP contribution in [0.2, 0.25) is 0 Å². The van der Waals surface area contributed by atoms with Crippen LogP contribution in [0.1, 0.15) is 43.5 Å². The van der Waals surface area contributed by atoms with E-state index in [-0.39, 0.29) is 24.0 Å². The number of para-hydroxylation sites is 2. The van der Waals surface area contributed by atoms with Crippen LogP contribution in [0, 0.1) is 6.92 Å². The Morgan fingerprint density at radius 1 is 1.06 bits per heavy atom. The number of imidazole rings is 1. The lowest BCUT2D eigenvalue weighted by molar-refractivity contribution is 0.624. The van der Waals surface area contributed by atoms with Crippen LogP contribution in [-0.2, 0) is 13.1 Å². The Kier molecular flexibility index (Phi) is 9.77. The third kappa shape index (κ3) is 6.82. The number of nitrogens with one attached hydrogen (secondary N) is 2. The van der Waals surface area contributed by atoms with Gasteiger partial charge >= 0.3 is 0 Å². The minimum absolute atomic E-state index is 0. The molecule has 2 N–H and O–H groups in total. The second-order valence-electron chi connectivity index (χ2n) is 8.43. The highest BCUT2D eigenvalue weighted by molar-refractivity contribution is 14.0. The average Bonchev–Trinajstić information content (AvgIpc) is 2.97. The van der Waals surface area contributed by atoms with Crippen LogP contribution in [-0.4, -0.2) is 47.2 Å². The highest BCUT2D eigenvalue weighted by atomic mass is 127. The van der Waals surface area contributed by atoms with Crippen LogP contribution in [0.5, 0.6) is 0 Å². The van der Waals surface area contributed by atoms with Gasteiger partial charge in [0.15, 0.2) is 5.96 Å². The van der Waals surface area contributed by atoms with Crippen molar-refractivity contribution in [2.24, 2.45) is 4.99 Å². The largest absolute Gasteiger partial charge is 0.357 e. The number of aryl methyl sites for hydroxylation is 2. The molecule has 0 saturated carbocycles. The van der Waals surface area contributed by atoms with Crippen molar-refractivity contribution in [3.05, 3.63) is 54.0 Å². The molecule has 1 aliphatic rings. The predicted octanol–water partition coefficient (Wildman–Crippen LogP) is 4.49. The molecule has 8 heteroatoms. The maximum atomic E-state index is 4.65. The number of halogens is 1. The van der Waals surface area contributed by atoms with E-state index in [1.807, 2.05) is 19.3 Å². The lowest BCUT2D eigenvalue weighted by Crippen LogP contribution is -2.37. The molecule has 7 nitrogen and oxygen atoms in total. The van der Waals surface area contributed by atoms with Gasteiger partial charge in [-0.25, -0.2) is 9.97 Å². The van der Waals surface area contributed by atoms with Crippen LogP contribution < -0.4 is 15.5 Å². The van der Waals surface area contributed by atoms with Gasteiger partial charge in [-0.1, -0.05) is 25.0 Å². The molecule has 0 aliphatic carbocycles. The van der Waals surface area contributed by atoms with Gasteiger partial charge in [0.05, 0.1) is 11.0 Å². The number of nitrogens with zero attached hydrogens (tertiary/aromatic N) is 5. The van der Waals surface area contributed by atoms with Gasteiger partial charge in [-0.05, 0) is 56.0 Å². The maximum Gasteiger partial charge on any atom is 0.191 e. The van der Waals surface area contributed by atoms with E-state index >= 15 is 0 Å². The van der Waals surface area contributed by atoms with Gasteiger partial charge in [-0.3, -0.25) is 4.99 Å². The highest BCUT2D eigenvalue weighted by Crippen LogP contribution is 2.18. The van der Waals surface area contributed by atoms with E-state index in [0.717, 1.165) is 62.3 Å². The molecule has 3 heterocycles. The maximum absolute atomic E-state index is 4.65. The number of aliphatic imine (C=N–C) groups is 1. The molecule has 0 bridgehead atoms. The Bertz CT molecular complexity index is 1040. The van der Waals surface area contributed by atoms with Crippen molar-refractivity contribution in [1.29, 1.82) is 0 Å². The minimum Gasteiger partial charge on any atom is -0.357 e. The normalized spacial score (nSPS) is 14.6. The molecular formula is C25H36IN7. The zero-order valence-electron chi connectivity index (χ0n) is 19.8. The van der Waals surface area contributed by atoms with Gasteiger partial charge in [-0.15, -0.1) is 24.0 Å². The number of anilines is 1. The first kappa shape index (κ1) is 25.3. The number of benzene rings is 1. The Morgan fingerprint density at radius 3 is 2.64 bits per heavy atom. The molecule has 4 rings (SSSR count). The fraction of sp³-hybridized carbons (Fsp3) is 0.480. The first-order chi connectivity index (χ1) is 15.7. The number of hydrogen-bond donors (Lipinski definition) is 2. The van der Waals surface area contributed by atoms with Gasteiger partial charge < -0.3 is 20.1 Å². The summed E-state index contributed by atoms with van der Waals surface area (Å²) in [5.74, 6) is 2.98. The molecule has 0 unspecified atom stereocenters. The summed E-state index contributed by atoms with van der Waals surface area (Å²) < 4.78 is 2.29. The average molecular weight is 562 g/mol.